The summed E-state index contributed by atoms with van der Waals surface area (Å²) < 4.78 is 1.90. The minimum absolute atomic E-state index is 0.00507. The second-order valence-electron chi connectivity index (χ2n) is 6.77. The van der Waals surface area contributed by atoms with Crippen LogP contribution in [-0.2, 0) is 11.2 Å². The molecule has 1 unspecified atom stereocenters. The zero-order chi connectivity index (χ0) is 18.8. The zero-order valence-corrected chi connectivity index (χ0v) is 15.0. The lowest BCUT2D eigenvalue weighted by molar-refractivity contribution is -0.116. The standard InChI is InChI=1S/C21H20N4O2/c1-14-10-20(27)24-18-7-3-6-17(21(18)23-14)19(26)12-15-4-2-5-16(11-15)25-9-8-22-13-25/h2-9,11,13-14,23H,10,12H2,1H3,(H,24,27). The Kier molecular flexibility index (Phi) is 4.46. The predicted octanol–water partition coefficient (Wildman–Crippen LogP) is 3.44. The Hall–Kier alpha value is -3.41. The van der Waals surface area contributed by atoms with E-state index in [2.05, 4.69) is 15.6 Å². The van der Waals surface area contributed by atoms with Crippen LogP contribution in [0.5, 0.6) is 0 Å². The fourth-order valence-electron chi connectivity index (χ4n) is 3.34. The lowest BCUT2D eigenvalue weighted by atomic mass is 10.00. The van der Waals surface area contributed by atoms with Crippen LogP contribution in [-0.4, -0.2) is 27.3 Å². The van der Waals surface area contributed by atoms with Crippen molar-refractivity contribution < 1.29 is 9.59 Å². The highest BCUT2D eigenvalue weighted by molar-refractivity contribution is 6.07. The first kappa shape index (κ1) is 17.0. The van der Waals surface area contributed by atoms with Crippen LogP contribution in [0.15, 0.2) is 61.2 Å². The first-order chi connectivity index (χ1) is 13.1. The molecule has 2 N–H and O–H groups in total. The summed E-state index contributed by atoms with van der Waals surface area (Å²) in [6, 6.07) is 13.2. The van der Waals surface area contributed by atoms with Gasteiger partial charge < -0.3 is 15.2 Å². The summed E-state index contributed by atoms with van der Waals surface area (Å²) in [6.45, 7) is 1.94. The van der Waals surface area contributed by atoms with Crippen LogP contribution in [0.4, 0.5) is 11.4 Å². The minimum Gasteiger partial charge on any atom is -0.380 e. The number of nitrogens with zero attached hydrogens (tertiary/aromatic N) is 2. The van der Waals surface area contributed by atoms with Gasteiger partial charge in [0.1, 0.15) is 0 Å². The second kappa shape index (κ2) is 7.07. The van der Waals surface area contributed by atoms with Crippen LogP contribution in [0.3, 0.4) is 0 Å². The number of hydrogen-bond donors (Lipinski definition) is 2. The van der Waals surface area contributed by atoms with Crippen molar-refractivity contribution in [3.05, 3.63) is 72.3 Å². The van der Waals surface area contributed by atoms with Gasteiger partial charge in [-0.1, -0.05) is 18.2 Å². The number of aromatic nitrogens is 2. The number of fused-ring (bicyclic) bond motifs is 1. The molecule has 1 aliphatic heterocycles. The molecular weight excluding hydrogens is 340 g/mol. The van der Waals surface area contributed by atoms with Crippen molar-refractivity contribution >= 4 is 23.1 Å². The van der Waals surface area contributed by atoms with E-state index in [1.807, 2.05) is 48.0 Å². The van der Waals surface area contributed by atoms with Crippen molar-refractivity contribution in [2.24, 2.45) is 0 Å². The number of amides is 1. The number of benzene rings is 2. The lowest BCUT2D eigenvalue weighted by Gasteiger charge is -2.16. The summed E-state index contributed by atoms with van der Waals surface area (Å²) in [5, 5.41) is 6.18. The third kappa shape index (κ3) is 3.60. The van der Waals surface area contributed by atoms with E-state index in [-0.39, 0.29) is 24.2 Å². The van der Waals surface area contributed by atoms with Crippen molar-refractivity contribution in [1.29, 1.82) is 0 Å². The van der Waals surface area contributed by atoms with Gasteiger partial charge in [-0.2, -0.15) is 0 Å². The van der Waals surface area contributed by atoms with E-state index in [1.54, 1.807) is 24.7 Å². The Bertz CT molecular complexity index is 995. The van der Waals surface area contributed by atoms with Crippen LogP contribution in [0.1, 0.15) is 29.3 Å². The molecule has 0 saturated carbocycles. The number of para-hydroxylation sites is 1. The molecule has 0 fully saturated rings. The molecule has 0 radical (unpaired) electrons. The van der Waals surface area contributed by atoms with Gasteiger partial charge >= 0.3 is 0 Å². The van der Waals surface area contributed by atoms with Gasteiger partial charge in [-0.25, -0.2) is 4.98 Å². The van der Waals surface area contributed by atoms with Crippen LogP contribution >= 0.6 is 0 Å². The fraction of sp³-hybridized carbons (Fsp3) is 0.190. The summed E-state index contributed by atoms with van der Waals surface area (Å²) in [5.74, 6) is -0.0446. The summed E-state index contributed by atoms with van der Waals surface area (Å²) in [6.07, 6.45) is 5.97. The molecule has 27 heavy (non-hydrogen) atoms. The first-order valence-electron chi connectivity index (χ1n) is 8.90. The van der Waals surface area contributed by atoms with Crippen molar-refractivity contribution in [3.8, 4) is 5.69 Å². The van der Waals surface area contributed by atoms with E-state index in [1.165, 1.54) is 0 Å². The van der Waals surface area contributed by atoms with E-state index in [0.717, 1.165) is 11.3 Å². The average Bonchev–Trinajstić information content (AvgIpc) is 3.13. The maximum atomic E-state index is 13.0. The average molecular weight is 360 g/mol. The number of rotatable bonds is 4. The molecule has 4 rings (SSSR count). The summed E-state index contributed by atoms with van der Waals surface area (Å²) in [4.78, 5) is 29.0. The van der Waals surface area contributed by atoms with Crippen LogP contribution in [0.2, 0.25) is 0 Å². The Labute approximate surface area is 157 Å². The van der Waals surface area contributed by atoms with Gasteiger partial charge in [-0.05, 0) is 36.8 Å². The highest BCUT2D eigenvalue weighted by atomic mass is 16.1. The topological polar surface area (TPSA) is 76.0 Å². The van der Waals surface area contributed by atoms with Gasteiger partial charge in [-0.15, -0.1) is 0 Å². The smallest absolute Gasteiger partial charge is 0.226 e. The molecule has 1 atom stereocenters. The normalized spacial score (nSPS) is 16.0. The first-order valence-corrected chi connectivity index (χ1v) is 8.90. The third-order valence-corrected chi connectivity index (χ3v) is 4.60. The number of carbonyl (C=O) groups is 2. The van der Waals surface area contributed by atoms with Gasteiger partial charge in [0.2, 0.25) is 5.91 Å². The molecule has 0 spiro atoms. The summed E-state index contributed by atoms with van der Waals surface area (Å²) in [5.41, 5.74) is 3.83. The van der Waals surface area contributed by atoms with Gasteiger partial charge in [0.15, 0.2) is 5.78 Å². The molecule has 1 aromatic heterocycles. The number of nitrogens with one attached hydrogen (secondary N) is 2. The van der Waals surface area contributed by atoms with E-state index in [4.69, 9.17) is 0 Å². The van der Waals surface area contributed by atoms with Crippen molar-refractivity contribution in [3.63, 3.8) is 0 Å². The maximum absolute atomic E-state index is 13.0. The van der Waals surface area contributed by atoms with Crippen molar-refractivity contribution in [1.82, 2.24) is 9.55 Å². The Morgan fingerprint density at radius 1 is 1.26 bits per heavy atom. The summed E-state index contributed by atoms with van der Waals surface area (Å²) >= 11 is 0. The van der Waals surface area contributed by atoms with Gasteiger partial charge in [-0.3, -0.25) is 9.59 Å². The van der Waals surface area contributed by atoms with E-state index in [0.29, 0.717) is 23.4 Å². The molecule has 2 aromatic carbocycles. The molecule has 0 saturated heterocycles. The highest BCUT2D eigenvalue weighted by Gasteiger charge is 2.22. The monoisotopic (exact) mass is 360 g/mol. The highest BCUT2D eigenvalue weighted by Crippen LogP contribution is 2.31. The molecular formula is C21H20N4O2. The second-order valence-corrected chi connectivity index (χ2v) is 6.77. The molecule has 1 amide bonds. The Balaban J connectivity index is 1.62. The fourth-order valence-corrected chi connectivity index (χ4v) is 3.34. The largest absolute Gasteiger partial charge is 0.380 e. The van der Waals surface area contributed by atoms with Crippen molar-refractivity contribution in [2.75, 3.05) is 10.6 Å². The van der Waals surface area contributed by atoms with E-state index >= 15 is 0 Å². The predicted molar refractivity (Wildman–Crippen MR) is 104 cm³/mol. The van der Waals surface area contributed by atoms with E-state index < -0.39 is 0 Å². The number of ketones is 1. The molecule has 6 heteroatoms. The molecule has 6 nitrogen and oxygen atoms in total. The molecule has 3 aromatic rings. The van der Waals surface area contributed by atoms with Crippen LogP contribution < -0.4 is 10.6 Å². The Morgan fingerprint density at radius 3 is 2.93 bits per heavy atom. The maximum Gasteiger partial charge on any atom is 0.226 e. The Morgan fingerprint density at radius 2 is 2.11 bits per heavy atom. The number of carbonyl (C=O) groups excluding carboxylic acids is 2. The van der Waals surface area contributed by atoms with E-state index in [9.17, 15) is 9.59 Å². The molecule has 1 aliphatic rings. The van der Waals surface area contributed by atoms with Gasteiger partial charge in [0, 0.05) is 42.5 Å². The number of imidazole rings is 1. The number of hydrogen-bond acceptors (Lipinski definition) is 4. The third-order valence-electron chi connectivity index (χ3n) is 4.60. The number of Topliss-reactive ketones (excluding diaryl/α,β-unsaturated/α-hetero) is 1. The zero-order valence-electron chi connectivity index (χ0n) is 15.0. The molecule has 136 valence electrons. The van der Waals surface area contributed by atoms with Crippen LogP contribution in [0, 0.1) is 0 Å². The SMILES string of the molecule is CC1CC(=O)Nc2cccc(C(=O)Cc3cccc(-n4ccnc4)c3)c2N1. The quantitative estimate of drug-likeness (QED) is 0.699. The van der Waals surface area contributed by atoms with Gasteiger partial charge in [0.05, 0.1) is 17.7 Å². The molecule has 0 aliphatic carbocycles. The number of anilines is 2. The van der Waals surface area contributed by atoms with Crippen molar-refractivity contribution in [2.45, 2.75) is 25.8 Å². The minimum atomic E-state index is -0.0496. The molecule has 0 bridgehead atoms. The lowest BCUT2D eigenvalue weighted by Crippen LogP contribution is -2.19. The van der Waals surface area contributed by atoms with Gasteiger partial charge in [0.25, 0.3) is 0 Å². The molecule has 2 heterocycles. The summed E-state index contributed by atoms with van der Waals surface area (Å²) in [7, 11) is 0. The van der Waals surface area contributed by atoms with Crippen LogP contribution in [0.25, 0.3) is 5.69 Å².